The fraction of sp³-hybridized carbons (Fsp3) is 0.444. The van der Waals surface area contributed by atoms with Gasteiger partial charge in [-0.25, -0.2) is 0 Å². The van der Waals surface area contributed by atoms with Crippen LogP contribution < -0.4 is 5.43 Å². The Balaban J connectivity index is 0.000000561. The number of hydrogen-bond donors (Lipinski definition) is 1. The van der Waals surface area contributed by atoms with Crippen molar-refractivity contribution in [3.05, 3.63) is 28.3 Å². The van der Waals surface area contributed by atoms with Gasteiger partial charge >= 0.3 is 0 Å². The highest BCUT2D eigenvalue weighted by atomic mass is 16.3. The van der Waals surface area contributed by atoms with E-state index >= 15 is 0 Å². The van der Waals surface area contributed by atoms with E-state index in [2.05, 4.69) is 0 Å². The maximum atomic E-state index is 10.7. The third kappa shape index (κ3) is 2.78. The Bertz CT molecular complexity index is 275. The van der Waals surface area contributed by atoms with Crippen molar-refractivity contribution >= 4 is 0 Å². The van der Waals surface area contributed by atoms with Crippen LogP contribution in [0.4, 0.5) is 0 Å². The first-order chi connectivity index (χ1) is 5.74. The van der Waals surface area contributed by atoms with Gasteiger partial charge in [-0.3, -0.25) is 4.79 Å². The lowest BCUT2D eigenvalue weighted by molar-refractivity contribution is 0.415. The highest BCUT2D eigenvalue weighted by Crippen LogP contribution is 2.02. The minimum Gasteiger partial charge on any atom is -0.502 e. The summed E-state index contributed by atoms with van der Waals surface area (Å²) in [5.41, 5.74) is -0.386. The van der Waals surface area contributed by atoms with Gasteiger partial charge in [-0.05, 0) is 0 Å². The molecule has 0 spiro atoms. The first-order valence-corrected chi connectivity index (χ1v) is 4.04. The molecule has 1 aromatic heterocycles. The van der Waals surface area contributed by atoms with Crippen molar-refractivity contribution in [2.45, 2.75) is 27.2 Å². The summed E-state index contributed by atoms with van der Waals surface area (Å²) < 4.78 is 4.84. The van der Waals surface area contributed by atoms with Gasteiger partial charge in [-0.1, -0.05) is 20.8 Å². The van der Waals surface area contributed by atoms with E-state index in [4.69, 9.17) is 9.52 Å². The summed E-state index contributed by atoms with van der Waals surface area (Å²) in [5, 5.41) is 8.73. The summed E-state index contributed by atoms with van der Waals surface area (Å²) in [6.07, 6.45) is 1.72. The predicted octanol–water partition coefficient (Wildman–Crippen LogP) is 1.93. The van der Waals surface area contributed by atoms with Crippen LogP contribution in [0.1, 0.15) is 26.5 Å². The van der Waals surface area contributed by atoms with Crippen LogP contribution >= 0.6 is 0 Å². The van der Waals surface area contributed by atoms with E-state index in [1.807, 2.05) is 20.8 Å². The number of aryl methyl sites for hydroxylation is 1. The fourth-order valence-corrected chi connectivity index (χ4v) is 0.629. The number of hydrogen-bond acceptors (Lipinski definition) is 3. The van der Waals surface area contributed by atoms with Gasteiger partial charge in [0.25, 0.3) is 0 Å². The molecule has 0 aliphatic heterocycles. The molecule has 3 heteroatoms. The Kier molecular flexibility index (Phi) is 4.84. The topological polar surface area (TPSA) is 50.4 Å². The number of rotatable bonds is 1. The van der Waals surface area contributed by atoms with Crippen LogP contribution in [0.2, 0.25) is 0 Å². The van der Waals surface area contributed by atoms with E-state index < -0.39 is 0 Å². The second-order valence-electron chi connectivity index (χ2n) is 1.95. The number of aromatic hydroxyl groups is 1. The smallest absolute Gasteiger partial charge is 0.226 e. The van der Waals surface area contributed by atoms with E-state index in [1.165, 1.54) is 6.07 Å². The van der Waals surface area contributed by atoms with Crippen molar-refractivity contribution in [2.75, 3.05) is 0 Å². The Labute approximate surface area is 71.7 Å². The molecule has 1 heterocycles. The van der Waals surface area contributed by atoms with Crippen LogP contribution in [0.15, 0.2) is 21.5 Å². The van der Waals surface area contributed by atoms with Crippen LogP contribution in [0.5, 0.6) is 5.75 Å². The summed E-state index contributed by atoms with van der Waals surface area (Å²) in [6, 6.07) is 1.29. The second-order valence-corrected chi connectivity index (χ2v) is 1.95. The van der Waals surface area contributed by atoms with Crippen molar-refractivity contribution in [1.82, 2.24) is 0 Å². The molecule has 0 amide bonds. The maximum Gasteiger partial charge on any atom is 0.226 e. The maximum absolute atomic E-state index is 10.7. The van der Waals surface area contributed by atoms with Crippen molar-refractivity contribution in [2.24, 2.45) is 0 Å². The summed E-state index contributed by atoms with van der Waals surface area (Å²) in [6.45, 7) is 5.87. The summed E-state index contributed by atoms with van der Waals surface area (Å²) >= 11 is 0. The van der Waals surface area contributed by atoms with Crippen LogP contribution in [0.3, 0.4) is 0 Å². The largest absolute Gasteiger partial charge is 0.502 e. The van der Waals surface area contributed by atoms with Gasteiger partial charge in [-0.15, -0.1) is 0 Å². The van der Waals surface area contributed by atoms with Crippen molar-refractivity contribution in [3.63, 3.8) is 0 Å². The predicted molar refractivity (Wildman–Crippen MR) is 47.4 cm³/mol. The molecule has 0 aliphatic rings. The molecule has 0 atom stereocenters. The molecule has 1 rings (SSSR count). The molecule has 0 fully saturated rings. The average Bonchev–Trinajstić information content (AvgIpc) is 2.13. The third-order valence-electron chi connectivity index (χ3n) is 1.21. The summed E-state index contributed by atoms with van der Waals surface area (Å²) in [5.74, 6) is 0.250. The molecule has 0 aromatic carbocycles. The second kappa shape index (κ2) is 5.41. The normalized spacial score (nSPS) is 8.58. The van der Waals surface area contributed by atoms with E-state index in [0.717, 1.165) is 6.26 Å². The fourth-order valence-electron chi connectivity index (χ4n) is 0.629. The molecule has 0 unspecified atom stereocenters. The molecule has 68 valence electrons. The van der Waals surface area contributed by atoms with E-state index in [0.29, 0.717) is 12.2 Å². The summed E-state index contributed by atoms with van der Waals surface area (Å²) in [7, 11) is 0. The molecule has 3 nitrogen and oxygen atoms in total. The van der Waals surface area contributed by atoms with Gasteiger partial charge in [-0.2, -0.15) is 0 Å². The van der Waals surface area contributed by atoms with E-state index in [-0.39, 0.29) is 11.2 Å². The molecule has 0 saturated heterocycles. The molecule has 0 saturated carbocycles. The van der Waals surface area contributed by atoms with Crippen LogP contribution in [-0.2, 0) is 6.42 Å². The minimum absolute atomic E-state index is 0.336. The molecule has 0 bridgehead atoms. The minimum atomic E-state index is -0.386. The van der Waals surface area contributed by atoms with Gasteiger partial charge in [0.05, 0.1) is 0 Å². The van der Waals surface area contributed by atoms with Crippen molar-refractivity contribution < 1.29 is 9.52 Å². The summed E-state index contributed by atoms with van der Waals surface area (Å²) in [4.78, 5) is 10.7. The third-order valence-corrected chi connectivity index (χ3v) is 1.21. The molecule has 1 N–H and O–H groups in total. The molecule has 0 aliphatic carbocycles. The first-order valence-electron chi connectivity index (χ1n) is 4.04. The molecular formula is C9H14O3. The zero-order valence-corrected chi connectivity index (χ0v) is 7.63. The lowest BCUT2D eigenvalue weighted by atomic mass is 10.3. The standard InChI is InChI=1S/C7H8O3.C2H6/c1-2-5-3-6(8)7(9)4-10-5;1-2/h3-4,9H,2H2,1H3;1-2H3. The lowest BCUT2D eigenvalue weighted by Crippen LogP contribution is -1.98. The zero-order valence-electron chi connectivity index (χ0n) is 7.63. The van der Waals surface area contributed by atoms with Crippen LogP contribution in [0.25, 0.3) is 0 Å². The van der Waals surface area contributed by atoms with E-state index in [1.54, 1.807) is 0 Å². The van der Waals surface area contributed by atoms with Gasteiger partial charge in [0.2, 0.25) is 5.43 Å². The Hall–Kier alpha value is -1.25. The van der Waals surface area contributed by atoms with Crippen molar-refractivity contribution in [1.29, 1.82) is 0 Å². The monoisotopic (exact) mass is 170 g/mol. The van der Waals surface area contributed by atoms with E-state index in [9.17, 15) is 4.79 Å². The Morgan fingerprint density at radius 1 is 1.50 bits per heavy atom. The first kappa shape index (κ1) is 10.8. The van der Waals surface area contributed by atoms with Gasteiger partial charge in [0.1, 0.15) is 12.0 Å². The molecule has 1 aromatic rings. The average molecular weight is 170 g/mol. The molecule has 12 heavy (non-hydrogen) atoms. The zero-order chi connectivity index (χ0) is 9.56. The van der Waals surface area contributed by atoms with Crippen LogP contribution in [-0.4, -0.2) is 5.11 Å². The Morgan fingerprint density at radius 2 is 2.08 bits per heavy atom. The lowest BCUT2D eigenvalue weighted by Gasteiger charge is -1.92. The van der Waals surface area contributed by atoms with Gasteiger partial charge < -0.3 is 9.52 Å². The molecular weight excluding hydrogens is 156 g/mol. The SMILES string of the molecule is CC.CCc1cc(=O)c(O)co1. The van der Waals surface area contributed by atoms with Crippen molar-refractivity contribution in [3.8, 4) is 5.75 Å². The van der Waals surface area contributed by atoms with Gasteiger partial charge in [0.15, 0.2) is 5.75 Å². The highest BCUT2D eigenvalue weighted by molar-refractivity contribution is 5.15. The quantitative estimate of drug-likeness (QED) is 0.700. The van der Waals surface area contributed by atoms with Gasteiger partial charge in [0, 0.05) is 12.5 Å². The van der Waals surface area contributed by atoms with Crippen LogP contribution in [0, 0.1) is 0 Å². The Morgan fingerprint density at radius 3 is 2.50 bits per heavy atom. The highest BCUT2D eigenvalue weighted by Gasteiger charge is 1.97. The molecule has 0 radical (unpaired) electrons.